The van der Waals surface area contributed by atoms with Crippen LogP contribution < -0.4 is 11.1 Å². The molecule has 0 fully saturated rings. The number of anilines is 1. The molecule has 0 spiro atoms. The summed E-state index contributed by atoms with van der Waals surface area (Å²) in [5.41, 5.74) is -0.504. The van der Waals surface area contributed by atoms with E-state index < -0.39 is 47.8 Å². The van der Waals surface area contributed by atoms with Crippen molar-refractivity contribution < 1.29 is 36.3 Å². The van der Waals surface area contributed by atoms with E-state index in [1.165, 1.54) is 19.1 Å². The first kappa shape index (κ1) is 22.7. The van der Waals surface area contributed by atoms with Crippen LogP contribution in [0.25, 0.3) is 11.5 Å². The monoisotopic (exact) mass is 453 g/mol. The van der Waals surface area contributed by atoms with Gasteiger partial charge in [-0.15, -0.1) is 5.10 Å². The number of carbonyl (C=O) groups excluding carboxylic acids is 2. The predicted octanol–water partition coefficient (Wildman–Crippen LogP) is 3.23. The van der Waals surface area contributed by atoms with Gasteiger partial charge in [-0.2, -0.15) is 17.9 Å². The van der Waals surface area contributed by atoms with Gasteiger partial charge in [-0.3, -0.25) is 9.59 Å². The van der Waals surface area contributed by atoms with E-state index in [4.69, 9.17) is 9.15 Å². The van der Waals surface area contributed by atoms with Gasteiger partial charge in [0.1, 0.15) is 12.4 Å². The summed E-state index contributed by atoms with van der Waals surface area (Å²) in [5, 5.41) is 6.13. The van der Waals surface area contributed by atoms with E-state index in [-0.39, 0.29) is 11.6 Å². The van der Waals surface area contributed by atoms with Crippen LogP contribution in [0.5, 0.6) is 0 Å². The first-order valence-corrected chi connectivity index (χ1v) is 9.04. The van der Waals surface area contributed by atoms with E-state index in [0.29, 0.717) is 10.2 Å². The van der Waals surface area contributed by atoms with Gasteiger partial charge < -0.3 is 14.5 Å². The number of alkyl halides is 3. The number of hydrogen-bond donors (Lipinski definition) is 1. The summed E-state index contributed by atoms with van der Waals surface area (Å²) in [4.78, 5) is 36.0. The van der Waals surface area contributed by atoms with Crippen LogP contribution in [0, 0.1) is 5.82 Å². The maximum atomic E-state index is 13.0. The number of rotatable bonds is 6. The van der Waals surface area contributed by atoms with Crippen molar-refractivity contribution in [3.63, 3.8) is 0 Å². The number of nitrogens with one attached hydrogen (secondary N) is 1. The fourth-order valence-electron chi connectivity index (χ4n) is 2.51. The molecule has 2 aromatic carbocycles. The Morgan fingerprint density at radius 2 is 1.75 bits per heavy atom. The molecule has 12 heteroatoms. The summed E-state index contributed by atoms with van der Waals surface area (Å²) in [6, 6.07) is 8.64. The number of esters is 1. The quantitative estimate of drug-likeness (QED) is 0.454. The number of carbonyl (C=O) groups is 2. The highest BCUT2D eigenvalue weighted by molar-refractivity contribution is 5.95. The predicted molar refractivity (Wildman–Crippen MR) is 102 cm³/mol. The van der Waals surface area contributed by atoms with E-state index in [1.807, 2.05) is 0 Å². The molecule has 8 nitrogen and oxygen atoms in total. The van der Waals surface area contributed by atoms with Crippen LogP contribution in [0.15, 0.2) is 57.7 Å². The molecule has 1 aromatic heterocycles. The number of ether oxygens (including phenoxy) is 1. The molecule has 0 saturated heterocycles. The molecule has 1 N–H and O–H groups in total. The van der Waals surface area contributed by atoms with Gasteiger partial charge in [0.2, 0.25) is 5.89 Å². The van der Waals surface area contributed by atoms with Crippen LogP contribution in [0.4, 0.5) is 23.2 Å². The number of nitrogens with zero attached hydrogens (tertiary/aromatic N) is 2. The second-order valence-corrected chi connectivity index (χ2v) is 6.53. The fraction of sp³-hybridized carbons (Fsp3) is 0.200. The van der Waals surface area contributed by atoms with Crippen molar-refractivity contribution in [2.24, 2.45) is 0 Å². The summed E-state index contributed by atoms with van der Waals surface area (Å²) >= 11 is 0. The van der Waals surface area contributed by atoms with Crippen molar-refractivity contribution >= 4 is 17.6 Å². The van der Waals surface area contributed by atoms with Crippen LogP contribution in [0.2, 0.25) is 0 Å². The fourth-order valence-corrected chi connectivity index (χ4v) is 2.51. The van der Waals surface area contributed by atoms with Crippen molar-refractivity contribution in [1.82, 2.24) is 9.78 Å². The largest absolute Gasteiger partial charge is 0.451 e. The van der Waals surface area contributed by atoms with Crippen molar-refractivity contribution in [1.29, 1.82) is 0 Å². The Hall–Kier alpha value is -3.96. The lowest BCUT2D eigenvalue weighted by molar-refractivity contribution is -0.154. The maximum absolute atomic E-state index is 13.0. The normalized spacial score (nSPS) is 12.3. The van der Waals surface area contributed by atoms with Gasteiger partial charge in [0.15, 0.2) is 6.10 Å². The molecule has 0 saturated carbocycles. The molecular formula is C20H15F4N3O5. The third-order valence-electron chi connectivity index (χ3n) is 4.13. The average Bonchev–Trinajstić information content (AvgIpc) is 3.08. The number of benzene rings is 2. The highest BCUT2D eigenvalue weighted by Crippen LogP contribution is 2.29. The average molecular weight is 453 g/mol. The molecule has 0 bridgehead atoms. The lowest BCUT2D eigenvalue weighted by Crippen LogP contribution is -2.32. The zero-order valence-electron chi connectivity index (χ0n) is 16.4. The molecule has 1 amide bonds. The van der Waals surface area contributed by atoms with Crippen molar-refractivity contribution in [2.75, 3.05) is 5.32 Å². The molecule has 0 aliphatic rings. The molecular weight excluding hydrogens is 438 g/mol. The van der Waals surface area contributed by atoms with Crippen LogP contribution >= 0.6 is 0 Å². The highest BCUT2D eigenvalue weighted by atomic mass is 19.4. The third-order valence-corrected chi connectivity index (χ3v) is 4.13. The molecule has 1 heterocycles. The topological polar surface area (TPSA) is 103 Å². The molecule has 0 aliphatic heterocycles. The van der Waals surface area contributed by atoms with Crippen LogP contribution in [0.3, 0.4) is 0 Å². The molecule has 0 radical (unpaired) electrons. The van der Waals surface area contributed by atoms with Crippen LogP contribution in [0.1, 0.15) is 12.5 Å². The minimum absolute atomic E-state index is 0.0718. The zero-order valence-corrected chi connectivity index (χ0v) is 16.4. The number of halogens is 4. The molecule has 3 rings (SSSR count). The van der Waals surface area contributed by atoms with Gasteiger partial charge in [0.25, 0.3) is 5.91 Å². The van der Waals surface area contributed by atoms with Crippen molar-refractivity contribution in [3.05, 3.63) is 70.5 Å². The SMILES string of the molecule is CC(OC(=O)Cn1nc(-c2ccc(F)cc2)oc1=O)C(=O)Nc1ccc(C(F)(F)F)cc1. The van der Waals surface area contributed by atoms with Gasteiger partial charge in [-0.1, -0.05) is 0 Å². The lowest BCUT2D eigenvalue weighted by Gasteiger charge is -2.14. The molecule has 32 heavy (non-hydrogen) atoms. The summed E-state index contributed by atoms with van der Waals surface area (Å²) in [6.45, 7) is 0.578. The summed E-state index contributed by atoms with van der Waals surface area (Å²) < 4.78 is 61.2. The Morgan fingerprint density at radius 1 is 1.12 bits per heavy atom. The Balaban J connectivity index is 1.58. The van der Waals surface area contributed by atoms with Gasteiger partial charge in [-0.25, -0.2) is 9.18 Å². The Morgan fingerprint density at radius 3 is 2.34 bits per heavy atom. The second-order valence-electron chi connectivity index (χ2n) is 6.53. The van der Waals surface area contributed by atoms with Gasteiger partial charge in [-0.05, 0) is 55.5 Å². The summed E-state index contributed by atoms with van der Waals surface area (Å²) in [6.07, 6.45) is -5.83. The lowest BCUT2D eigenvalue weighted by atomic mass is 10.2. The summed E-state index contributed by atoms with van der Waals surface area (Å²) in [5.74, 6) is -3.39. The highest BCUT2D eigenvalue weighted by Gasteiger charge is 2.30. The second kappa shape index (κ2) is 9.04. The summed E-state index contributed by atoms with van der Waals surface area (Å²) in [7, 11) is 0. The van der Waals surface area contributed by atoms with E-state index in [2.05, 4.69) is 10.4 Å². The standard InChI is InChI=1S/C20H15F4N3O5/c1-11(17(29)25-15-8-4-13(5-9-15)20(22,23)24)31-16(28)10-27-19(30)32-18(26-27)12-2-6-14(21)7-3-12/h2-9,11H,10H2,1H3,(H,25,29). The maximum Gasteiger partial charge on any atom is 0.437 e. The first-order chi connectivity index (χ1) is 15.0. The minimum atomic E-state index is -4.51. The molecule has 168 valence electrons. The zero-order chi connectivity index (χ0) is 23.5. The van der Waals surface area contributed by atoms with E-state index in [9.17, 15) is 31.9 Å². The Labute approximate surface area is 177 Å². The first-order valence-electron chi connectivity index (χ1n) is 9.04. The van der Waals surface area contributed by atoms with Crippen LogP contribution in [-0.4, -0.2) is 27.8 Å². The van der Waals surface area contributed by atoms with E-state index >= 15 is 0 Å². The van der Waals surface area contributed by atoms with Crippen LogP contribution in [-0.2, 0) is 27.0 Å². The Kier molecular flexibility index (Phi) is 6.42. The number of hydrogen-bond acceptors (Lipinski definition) is 6. The molecule has 1 unspecified atom stereocenters. The number of amides is 1. The van der Waals surface area contributed by atoms with E-state index in [1.54, 1.807) is 0 Å². The molecule has 0 aliphatic carbocycles. The number of aromatic nitrogens is 2. The van der Waals surface area contributed by atoms with Crippen molar-refractivity contribution in [3.8, 4) is 11.5 Å². The van der Waals surface area contributed by atoms with Gasteiger partial charge in [0.05, 0.1) is 5.56 Å². The van der Waals surface area contributed by atoms with Gasteiger partial charge >= 0.3 is 17.9 Å². The van der Waals surface area contributed by atoms with Gasteiger partial charge in [0, 0.05) is 11.3 Å². The molecule has 3 aromatic rings. The van der Waals surface area contributed by atoms with E-state index in [0.717, 1.165) is 36.4 Å². The molecule has 1 atom stereocenters. The Bertz CT molecular complexity index is 1170. The minimum Gasteiger partial charge on any atom is -0.451 e. The van der Waals surface area contributed by atoms with Crippen molar-refractivity contribution in [2.45, 2.75) is 25.7 Å². The smallest absolute Gasteiger partial charge is 0.437 e. The third kappa shape index (κ3) is 5.59.